The Labute approximate surface area is 186 Å². The van der Waals surface area contributed by atoms with Crippen molar-refractivity contribution in [1.82, 2.24) is 4.31 Å². The predicted octanol–water partition coefficient (Wildman–Crippen LogP) is 4.89. The molecule has 0 radical (unpaired) electrons. The number of hydrogen-bond donors (Lipinski definition) is 1. The zero-order chi connectivity index (χ0) is 22.3. The van der Waals surface area contributed by atoms with Gasteiger partial charge in [0, 0.05) is 13.1 Å². The number of benzene rings is 2. The molecular weight excluding hydrogens is 406 g/mol. The summed E-state index contributed by atoms with van der Waals surface area (Å²) in [5.74, 6) is 0.314. The van der Waals surface area contributed by atoms with E-state index < -0.39 is 15.6 Å². The second-order valence-electron chi connectivity index (χ2n) is 9.85. The SMILES string of the molecule is C=C(C)c1ccc(S(=O)(=O)N2CC[C@H]3C[C@@](C)(O)CC[C@]3(Cc3ccccc3)C2)cc1. The normalized spacial score (nSPS) is 29.3. The van der Waals surface area contributed by atoms with Gasteiger partial charge in [-0.25, -0.2) is 8.42 Å². The molecule has 1 N–H and O–H groups in total. The van der Waals surface area contributed by atoms with Crippen molar-refractivity contribution in [2.24, 2.45) is 11.3 Å². The highest BCUT2D eigenvalue weighted by molar-refractivity contribution is 7.89. The van der Waals surface area contributed by atoms with Gasteiger partial charge in [-0.05, 0) is 80.5 Å². The van der Waals surface area contributed by atoms with E-state index in [0.29, 0.717) is 30.3 Å². The van der Waals surface area contributed by atoms with Crippen LogP contribution < -0.4 is 0 Å². The second kappa shape index (κ2) is 8.19. The van der Waals surface area contributed by atoms with Crippen LogP contribution >= 0.6 is 0 Å². The maximum atomic E-state index is 13.5. The Morgan fingerprint density at radius 2 is 1.81 bits per heavy atom. The molecule has 5 heteroatoms. The molecule has 0 amide bonds. The van der Waals surface area contributed by atoms with Crippen LogP contribution in [-0.4, -0.2) is 36.5 Å². The van der Waals surface area contributed by atoms with Crippen molar-refractivity contribution < 1.29 is 13.5 Å². The molecule has 1 aliphatic carbocycles. The Hall–Kier alpha value is -1.95. The highest BCUT2D eigenvalue weighted by Gasteiger charge is 2.51. The van der Waals surface area contributed by atoms with Crippen LogP contribution in [0.15, 0.2) is 66.1 Å². The largest absolute Gasteiger partial charge is 0.390 e. The van der Waals surface area contributed by atoms with E-state index in [1.807, 2.05) is 44.2 Å². The lowest BCUT2D eigenvalue weighted by Gasteiger charge is -2.54. The summed E-state index contributed by atoms with van der Waals surface area (Å²) in [5, 5.41) is 10.7. The van der Waals surface area contributed by atoms with Crippen LogP contribution in [0.3, 0.4) is 0 Å². The summed E-state index contributed by atoms with van der Waals surface area (Å²) in [4.78, 5) is 0.341. The minimum absolute atomic E-state index is 0.146. The lowest BCUT2D eigenvalue weighted by molar-refractivity contribution is -0.0798. The molecule has 31 heavy (non-hydrogen) atoms. The summed E-state index contributed by atoms with van der Waals surface area (Å²) in [6.07, 6.45) is 3.90. The summed E-state index contributed by atoms with van der Waals surface area (Å²) < 4.78 is 28.7. The van der Waals surface area contributed by atoms with Crippen molar-refractivity contribution >= 4 is 15.6 Å². The van der Waals surface area contributed by atoms with Gasteiger partial charge in [-0.2, -0.15) is 4.31 Å². The van der Waals surface area contributed by atoms with E-state index in [0.717, 1.165) is 36.8 Å². The molecule has 3 atom stereocenters. The minimum Gasteiger partial charge on any atom is -0.390 e. The number of rotatable bonds is 5. The predicted molar refractivity (Wildman–Crippen MR) is 125 cm³/mol. The van der Waals surface area contributed by atoms with Crippen LogP contribution in [0.1, 0.15) is 50.7 Å². The van der Waals surface area contributed by atoms with Crippen LogP contribution in [0, 0.1) is 11.3 Å². The summed E-state index contributed by atoms with van der Waals surface area (Å²) in [6, 6.07) is 17.4. The van der Waals surface area contributed by atoms with Gasteiger partial charge < -0.3 is 5.11 Å². The van der Waals surface area contributed by atoms with Crippen LogP contribution in [0.2, 0.25) is 0 Å². The number of aliphatic hydroxyl groups is 1. The van der Waals surface area contributed by atoms with E-state index in [9.17, 15) is 13.5 Å². The summed E-state index contributed by atoms with van der Waals surface area (Å²) in [5.41, 5.74) is 2.30. The van der Waals surface area contributed by atoms with Gasteiger partial charge in [0.2, 0.25) is 10.0 Å². The maximum absolute atomic E-state index is 13.5. The highest BCUT2D eigenvalue weighted by Crippen LogP contribution is 2.52. The lowest BCUT2D eigenvalue weighted by atomic mass is 9.57. The third kappa shape index (κ3) is 4.50. The molecule has 4 rings (SSSR count). The van der Waals surface area contributed by atoms with Crippen LogP contribution in [0.25, 0.3) is 5.57 Å². The van der Waals surface area contributed by atoms with Gasteiger partial charge >= 0.3 is 0 Å². The molecule has 1 heterocycles. The number of nitrogens with zero attached hydrogens (tertiary/aromatic N) is 1. The Balaban J connectivity index is 1.64. The number of allylic oxidation sites excluding steroid dienone is 1. The zero-order valence-electron chi connectivity index (χ0n) is 18.5. The topological polar surface area (TPSA) is 57.6 Å². The van der Waals surface area contributed by atoms with Crippen LogP contribution in [0.5, 0.6) is 0 Å². The van der Waals surface area contributed by atoms with Gasteiger partial charge in [0.15, 0.2) is 0 Å². The van der Waals surface area contributed by atoms with Crippen LogP contribution in [0.4, 0.5) is 0 Å². The number of sulfonamides is 1. The Bertz CT molecular complexity index is 1040. The van der Waals surface area contributed by atoms with Gasteiger partial charge in [-0.3, -0.25) is 0 Å². The van der Waals surface area contributed by atoms with E-state index in [4.69, 9.17) is 0 Å². The van der Waals surface area contributed by atoms with E-state index >= 15 is 0 Å². The molecule has 0 bridgehead atoms. The quantitative estimate of drug-likeness (QED) is 0.721. The van der Waals surface area contributed by atoms with Gasteiger partial charge in [-0.15, -0.1) is 0 Å². The fourth-order valence-electron chi connectivity index (χ4n) is 5.47. The summed E-state index contributed by atoms with van der Waals surface area (Å²) in [7, 11) is -3.57. The molecule has 0 aromatic heterocycles. The zero-order valence-corrected chi connectivity index (χ0v) is 19.4. The molecule has 0 unspecified atom stereocenters. The molecule has 2 aliphatic rings. The van der Waals surface area contributed by atoms with E-state index in [1.165, 1.54) is 5.56 Å². The fourth-order valence-corrected chi connectivity index (χ4v) is 7.03. The molecule has 2 fully saturated rings. The molecule has 1 saturated heterocycles. The van der Waals surface area contributed by atoms with Crippen molar-refractivity contribution in [3.05, 3.63) is 72.3 Å². The van der Waals surface area contributed by atoms with Crippen LogP contribution in [-0.2, 0) is 16.4 Å². The first-order valence-corrected chi connectivity index (χ1v) is 12.6. The summed E-state index contributed by atoms with van der Waals surface area (Å²) >= 11 is 0. The monoisotopic (exact) mass is 439 g/mol. The van der Waals surface area contributed by atoms with E-state index in [2.05, 4.69) is 18.7 Å². The number of hydrogen-bond acceptors (Lipinski definition) is 3. The minimum atomic E-state index is -3.57. The van der Waals surface area contributed by atoms with Crippen molar-refractivity contribution in [2.45, 2.75) is 56.4 Å². The molecule has 1 saturated carbocycles. The van der Waals surface area contributed by atoms with Crippen molar-refractivity contribution in [3.8, 4) is 0 Å². The van der Waals surface area contributed by atoms with E-state index in [1.54, 1.807) is 16.4 Å². The molecule has 1 aliphatic heterocycles. The summed E-state index contributed by atoms with van der Waals surface area (Å²) in [6.45, 7) is 8.78. The van der Waals surface area contributed by atoms with Gasteiger partial charge in [0.25, 0.3) is 0 Å². The fraction of sp³-hybridized carbons (Fsp3) is 0.462. The third-order valence-corrected chi connectivity index (χ3v) is 9.18. The molecule has 0 spiro atoms. The maximum Gasteiger partial charge on any atom is 0.243 e. The first kappa shape index (κ1) is 22.3. The Kier molecular flexibility index (Phi) is 5.88. The van der Waals surface area contributed by atoms with Gasteiger partial charge in [-0.1, -0.05) is 54.6 Å². The third-order valence-electron chi connectivity index (χ3n) is 7.32. The number of fused-ring (bicyclic) bond motifs is 1. The lowest BCUT2D eigenvalue weighted by Crippen LogP contribution is -2.56. The second-order valence-corrected chi connectivity index (χ2v) is 11.8. The average molecular weight is 440 g/mol. The molecule has 2 aromatic carbocycles. The van der Waals surface area contributed by atoms with Crippen molar-refractivity contribution in [2.75, 3.05) is 13.1 Å². The standard InChI is InChI=1S/C26H33NO3S/c1-20(2)22-9-11-24(12-10-22)31(29,30)27-16-13-23-18-25(3,28)14-15-26(23,19-27)17-21-7-5-4-6-8-21/h4-12,23,28H,1,13-19H2,2-3H3/t23-,25-,26-/m0/s1. The highest BCUT2D eigenvalue weighted by atomic mass is 32.2. The van der Waals surface area contributed by atoms with Crippen molar-refractivity contribution in [3.63, 3.8) is 0 Å². The Morgan fingerprint density at radius 3 is 2.45 bits per heavy atom. The van der Waals surface area contributed by atoms with Gasteiger partial charge in [0.05, 0.1) is 10.5 Å². The molecule has 2 aromatic rings. The van der Waals surface area contributed by atoms with Gasteiger partial charge in [0.1, 0.15) is 0 Å². The first-order valence-electron chi connectivity index (χ1n) is 11.1. The Morgan fingerprint density at radius 1 is 1.13 bits per heavy atom. The molecule has 4 nitrogen and oxygen atoms in total. The molecular formula is C26H33NO3S. The van der Waals surface area contributed by atoms with E-state index in [-0.39, 0.29) is 5.41 Å². The van der Waals surface area contributed by atoms with Crippen molar-refractivity contribution in [1.29, 1.82) is 0 Å². The average Bonchev–Trinajstić information content (AvgIpc) is 2.74. The number of piperidine rings is 1. The molecule has 166 valence electrons. The smallest absolute Gasteiger partial charge is 0.243 e. The first-order chi connectivity index (χ1) is 14.6.